The molecule has 1 aromatic carbocycles. The molecule has 0 aromatic heterocycles. The summed E-state index contributed by atoms with van der Waals surface area (Å²) in [5, 5.41) is 2.50. The first-order chi connectivity index (χ1) is 7.93. The molecule has 0 fully saturated rings. The van der Waals surface area contributed by atoms with Crippen LogP contribution in [0, 0.1) is 0 Å². The molecule has 0 aliphatic rings. The maximum atomic E-state index is 4.74. The number of hydrogen-bond donors (Lipinski definition) is 0. The van der Waals surface area contributed by atoms with Crippen LogP contribution >= 0.6 is 12.2 Å². The highest BCUT2D eigenvalue weighted by molar-refractivity contribution is 7.78. The minimum absolute atomic E-state index is 0.174. The van der Waals surface area contributed by atoms with E-state index >= 15 is 0 Å². The number of hydrogen-bond acceptors (Lipinski definition) is 2. The maximum absolute atomic E-state index is 4.74. The molecule has 0 radical (unpaired) electrons. The summed E-state index contributed by atoms with van der Waals surface area (Å²) in [7, 11) is 0. The van der Waals surface area contributed by atoms with Crippen LogP contribution in [0.4, 0.5) is 5.69 Å². The molecule has 0 N–H and O–H groups in total. The predicted molar refractivity (Wildman–Crippen MR) is 78.6 cm³/mol. The average molecular weight is 247 g/mol. The van der Waals surface area contributed by atoms with E-state index in [1.165, 1.54) is 16.7 Å². The highest BCUT2D eigenvalue weighted by atomic mass is 32.1. The Labute approximate surface area is 110 Å². The Kier molecular flexibility index (Phi) is 4.62. The lowest BCUT2D eigenvalue weighted by molar-refractivity contribution is 0.588. The third kappa shape index (κ3) is 3.24. The van der Waals surface area contributed by atoms with Crippen LogP contribution in [0.15, 0.2) is 17.1 Å². The van der Waals surface area contributed by atoms with Gasteiger partial charge in [0.05, 0.1) is 10.8 Å². The second-order valence-electron chi connectivity index (χ2n) is 5.30. The minimum Gasteiger partial charge on any atom is -0.194 e. The van der Waals surface area contributed by atoms with Crippen molar-refractivity contribution in [2.24, 2.45) is 4.99 Å². The SMILES string of the molecule is CCc1cc(C(C)(C)C)cc(CC)c1N=C=S. The summed E-state index contributed by atoms with van der Waals surface area (Å²) in [5.74, 6) is 0. The Morgan fingerprint density at radius 2 is 1.59 bits per heavy atom. The molecule has 0 aliphatic carbocycles. The van der Waals surface area contributed by atoms with Gasteiger partial charge in [0, 0.05) is 0 Å². The fraction of sp³-hybridized carbons (Fsp3) is 0.533. The number of aliphatic imine (C=N–C) groups is 1. The largest absolute Gasteiger partial charge is 0.194 e. The highest BCUT2D eigenvalue weighted by Gasteiger charge is 2.17. The summed E-state index contributed by atoms with van der Waals surface area (Å²) in [5.41, 5.74) is 5.11. The summed E-state index contributed by atoms with van der Waals surface area (Å²) >= 11 is 4.74. The van der Waals surface area contributed by atoms with Crippen molar-refractivity contribution < 1.29 is 0 Å². The van der Waals surface area contributed by atoms with Gasteiger partial charge in [0.2, 0.25) is 0 Å². The van der Waals surface area contributed by atoms with Crippen molar-refractivity contribution in [1.29, 1.82) is 0 Å². The van der Waals surface area contributed by atoms with E-state index < -0.39 is 0 Å². The van der Waals surface area contributed by atoms with E-state index in [1.54, 1.807) is 0 Å². The van der Waals surface area contributed by atoms with Gasteiger partial charge in [0.15, 0.2) is 0 Å². The van der Waals surface area contributed by atoms with E-state index in [0.29, 0.717) is 0 Å². The molecule has 17 heavy (non-hydrogen) atoms. The fourth-order valence-corrected chi connectivity index (χ4v) is 2.01. The number of benzene rings is 1. The highest BCUT2D eigenvalue weighted by Crippen LogP contribution is 2.32. The van der Waals surface area contributed by atoms with Gasteiger partial charge in [0.1, 0.15) is 0 Å². The quantitative estimate of drug-likeness (QED) is 0.550. The second-order valence-corrected chi connectivity index (χ2v) is 5.49. The summed E-state index contributed by atoms with van der Waals surface area (Å²) in [6, 6.07) is 4.51. The summed E-state index contributed by atoms with van der Waals surface area (Å²) in [4.78, 5) is 4.24. The van der Waals surface area contributed by atoms with Crippen LogP contribution in [0.5, 0.6) is 0 Å². The van der Waals surface area contributed by atoms with Gasteiger partial charge < -0.3 is 0 Å². The molecule has 2 heteroatoms. The molecule has 0 saturated carbocycles. The first-order valence-electron chi connectivity index (χ1n) is 6.18. The summed E-state index contributed by atoms with van der Waals surface area (Å²) in [6.07, 6.45) is 1.96. The number of aryl methyl sites for hydroxylation is 2. The van der Waals surface area contributed by atoms with E-state index in [-0.39, 0.29) is 5.41 Å². The Morgan fingerprint density at radius 3 is 1.88 bits per heavy atom. The molecule has 1 nitrogen and oxygen atoms in total. The predicted octanol–water partition coefficient (Wildman–Crippen LogP) is 4.84. The van der Waals surface area contributed by atoms with Crippen LogP contribution in [0.1, 0.15) is 51.3 Å². The van der Waals surface area contributed by atoms with Gasteiger partial charge in [-0.1, -0.05) is 46.8 Å². The first-order valence-corrected chi connectivity index (χ1v) is 6.59. The lowest BCUT2D eigenvalue weighted by Crippen LogP contribution is -2.12. The molecule has 0 unspecified atom stereocenters. The van der Waals surface area contributed by atoms with Gasteiger partial charge in [-0.05, 0) is 47.2 Å². The minimum atomic E-state index is 0.174. The standard InChI is InChI=1S/C15H21NS/c1-6-11-8-13(15(3,4)5)9-12(7-2)14(11)16-10-17/h8-9H,6-7H2,1-5H3. The molecule has 1 rings (SSSR count). The molecule has 0 bridgehead atoms. The Balaban J connectivity index is 3.49. The van der Waals surface area contributed by atoms with E-state index in [2.05, 4.69) is 56.9 Å². The van der Waals surface area contributed by atoms with Crippen LogP contribution in [-0.2, 0) is 18.3 Å². The van der Waals surface area contributed by atoms with Gasteiger partial charge in [-0.15, -0.1) is 0 Å². The molecule has 1 aromatic rings. The van der Waals surface area contributed by atoms with Crippen LogP contribution in [0.25, 0.3) is 0 Å². The van der Waals surface area contributed by atoms with E-state index in [0.717, 1.165) is 18.5 Å². The van der Waals surface area contributed by atoms with Gasteiger partial charge in [-0.3, -0.25) is 0 Å². The van der Waals surface area contributed by atoms with Crippen molar-refractivity contribution in [2.75, 3.05) is 0 Å². The zero-order valence-electron chi connectivity index (χ0n) is 11.4. The lowest BCUT2D eigenvalue weighted by Gasteiger charge is -2.22. The van der Waals surface area contributed by atoms with Crippen LogP contribution < -0.4 is 0 Å². The monoisotopic (exact) mass is 247 g/mol. The molecule has 0 heterocycles. The van der Waals surface area contributed by atoms with E-state index in [4.69, 9.17) is 12.2 Å². The molecule has 0 saturated heterocycles. The van der Waals surface area contributed by atoms with Crippen molar-refractivity contribution in [3.05, 3.63) is 28.8 Å². The second kappa shape index (κ2) is 5.57. The normalized spacial score (nSPS) is 11.1. The Bertz CT molecular complexity index is 423. The topological polar surface area (TPSA) is 12.4 Å². The fourth-order valence-electron chi connectivity index (χ4n) is 1.92. The molecular formula is C15H21NS. The van der Waals surface area contributed by atoms with Crippen molar-refractivity contribution in [3.63, 3.8) is 0 Å². The first kappa shape index (κ1) is 14.1. The third-order valence-corrected chi connectivity index (χ3v) is 3.14. The van der Waals surface area contributed by atoms with E-state index in [9.17, 15) is 0 Å². The molecule has 0 spiro atoms. The van der Waals surface area contributed by atoms with Crippen molar-refractivity contribution >= 4 is 23.1 Å². The van der Waals surface area contributed by atoms with Gasteiger partial charge in [0.25, 0.3) is 0 Å². The van der Waals surface area contributed by atoms with Crippen molar-refractivity contribution in [2.45, 2.75) is 52.9 Å². The summed E-state index contributed by atoms with van der Waals surface area (Å²) in [6.45, 7) is 11.0. The van der Waals surface area contributed by atoms with Crippen molar-refractivity contribution in [1.82, 2.24) is 0 Å². The van der Waals surface area contributed by atoms with E-state index in [1.807, 2.05) is 0 Å². The molecule has 0 atom stereocenters. The molecule has 0 amide bonds. The van der Waals surface area contributed by atoms with Crippen LogP contribution in [0.2, 0.25) is 0 Å². The Hall–Kier alpha value is -0.980. The molecule has 0 aliphatic heterocycles. The zero-order chi connectivity index (χ0) is 13.1. The smallest absolute Gasteiger partial charge is 0.0803 e. The van der Waals surface area contributed by atoms with Gasteiger partial charge >= 0.3 is 0 Å². The van der Waals surface area contributed by atoms with Crippen LogP contribution in [0.3, 0.4) is 0 Å². The zero-order valence-corrected chi connectivity index (χ0v) is 12.2. The summed E-state index contributed by atoms with van der Waals surface area (Å²) < 4.78 is 0. The number of isothiocyanates is 1. The van der Waals surface area contributed by atoms with Crippen molar-refractivity contribution in [3.8, 4) is 0 Å². The number of nitrogens with zero attached hydrogens (tertiary/aromatic N) is 1. The third-order valence-electron chi connectivity index (χ3n) is 3.05. The molecule has 92 valence electrons. The Morgan fingerprint density at radius 1 is 1.12 bits per heavy atom. The maximum Gasteiger partial charge on any atom is 0.0803 e. The number of thiocarbonyl (C=S) groups is 1. The van der Waals surface area contributed by atoms with Gasteiger partial charge in [-0.2, -0.15) is 4.99 Å². The molecular weight excluding hydrogens is 226 g/mol. The number of rotatable bonds is 3. The van der Waals surface area contributed by atoms with Crippen LogP contribution in [-0.4, -0.2) is 5.16 Å². The van der Waals surface area contributed by atoms with Gasteiger partial charge in [-0.25, -0.2) is 0 Å². The lowest BCUT2D eigenvalue weighted by atomic mass is 9.84. The average Bonchev–Trinajstić information content (AvgIpc) is 2.28.